The van der Waals surface area contributed by atoms with Crippen LogP contribution in [0.3, 0.4) is 0 Å². The lowest BCUT2D eigenvalue weighted by atomic mass is 9.88. The van der Waals surface area contributed by atoms with E-state index in [-0.39, 0.29) is 36.0 Å². The number of likely N-dealkylation sites (N-methyl/N-ethyl adjacent to an activating group) is 1. The van der Waals surface area contributed by atoms with Crippen molar-refractivity contribution in [2.45, 2.75) is 50.9 Å². The molecule has 2 rings (SSSR count). The second kappa shape index (κ2) is 12.9. The molecule has 30 heavy (non-hydrogen) atoms. The standard InChI is InChI=1S/C23H37FN3O3/c1-17(2)30-22(18-8-5-10-20(24)14-18)19-9-6-12-27(16-19)23(28)26-21(15-25-3)11-7-13-29-4/h5,8,10,14,17,19,21-22,25H,1,6-7,9,11-13,15-16H2,2-4H3,(H,26,28)/t17?,19-,21+,22?/m1/s1. The lowest BCUT2D eigenvalue weighted by molar-refractivity contribution is -0.0338. The maximum absolute atomic E-state index is 13.8. The van der Waals surface area contributed by atoms with E-state index in [1.165, 1.54) is 12.1 Å². The molecule has 1 aliphatic heterocycles. The van der Waals surface area contributed by atoms with E-state index in [0.29, 0.717) is 26.2 Å². The van der Waals surface area contributed by atoms with Crippen LogP contribution in [0.4, 0.5) is 9.18 Å². The first kappa shape index (κ1) is 24.6. The molecule has 0 bridgehead atoms. The van der Waals surface area contributed by atoms with Crippen molar-refractivity contribution in [3.63, 3.8) is 0 Å². The van der Waals surface area contributed by atoms with Gasteiger partial charge in [-0.3, -0.25) is 0 Å². The van der Waals surface area contributed by atoms with Gasteiger partial charge in [-0.2, -0.15) is 0 Å². The molecule has 1 aromatic carbocycles. The van der Waals surface area contributed by atoms with Crippen molar-refractivity contribution in [3.8, 4) is 0 Å². The largest absolute Gasteiger partial charge is 0.385 e. The highest BCUT2D eigenvalue weighted by molar-refractivity contribution is 5.74. The molecule has 7 heteroatoms. The van der Waals surface area contributed by atoms with Crippen LogP contribution >= 0.6 is 0 Å². The normalized spacial score (nSPS) is 19.0. The van der Waals surface area contributed by atoms with Gasteiger partial charge in [-0.1, -0.05) is 12.1 Å². The maximum Gasteiger partial charge on any atom is 0.317 e. The Morgan fingerprint density at radius 1 is 1.43 bits per heavy atom. The molecule has 0 aromatic heterocycles. The molecule has 1 aliphatic rings. The smallest absolute Gasteiger partial charge is 0.317 e. The Balaban J connectivity index is 2.04. The van der Waals surface area contributed by atoms with Gasteiger partial charge in [-0.25, -0.2) is 9.18 Å². The van der Waals surface area contributed by atoms with Gasteiger partial charge in [0.1, 0.15) is 5.82 Å². The molecule has 1 aromatic rings. The number of carbonyl (C=O) groups excluding carboxylic acids is 1. The fourth-order valence-electron chi connectivity index (χ4n) is 4.05. The number of halogens is 1. The second-order valence-corrected chi connectivity index (χ2v) is 8.11. The zero-order valence-corrected chi connectivity index (χ0v) is 18.5. The lowest BCUT2D eigenvalue weighted by Gasteiger charge is -2.38. The van der Waals surface area contributed by atoms with E-state index in [2.05, 4.69) is 17.6 Å². The van der Waals surface area contributed by atoms with E-state index in [1.54, 1.807) is 13.2 Å². The minimum absolute atomic E-state index is 0.0492. The van der Waals surface area contributed by atoms with Gasteiger partial charge < -0.3 is 25.0 Å². The molecule has 0 spiro atoms. The number of piperidine rings is 1. The number of likely N-dealkylation sites (tertiary alicyclic amines) is 1. The summed E-state index contributed by atoms with van der Waals surface area (Å²) in [6.45, 7) is 8.49. The second-order valence-electron chi connectivity index (χ2n) is 8.11. The van der Waals surface area contributed by atoms with E-state index in [4.69, 9.17) is 9.47 Å². The third-order valence-corrected chi connectivity index (χ3v) is 5.41. The summed E-state index contributed by atoms with van der Waals surface area (Å²) in [6, 6.07) is 6.52. The molecule has 169 valence electrons. The zero-order valence-electron chi connectivity index (χ0n) is 18.5. The highest BCUT2D eigenvalue weighted by atomic mass is 19.1. The minimum atomic E-state index is -0.293. The lowest BCUT2D eigenvalue weighted by Crippen LogP contribution is -2.51. The van der Waals surface area contributed by atoms with Crippen LogP contribution in [0.15, 0.2) is 24.3 Å². The summed E-state index contributed by atoms with van der Waals surface area (Å²) in [5.74, 6) is -0.194. The maximum atomic E-state index is 13.8. The summed E-state index contributed by atoms with van der Waals surface area (Å²) in [5, 5.41) is 6.29. The van der Waals surface area contributed by atoms with Gasteiger partial charge in [0.2, 0.25) is 0 Å². The number of hydrogen-bond donors (Lipinski definition) is 2. The van der Waals surface area contributed by atoms with Crippen LogP contribution in [-0.2, 0) is 9.47 Å². The predicted molar refractivity (Wildman–Crippen MR) is 117 cm³/mol. The number of amides is 2. The molecule has 2 N–H and O–H groups in total. The first-order valence-electron chi connectivity index (χ1n) is 10.9. The number of nitrogens with one attached hydrogen (secondary N) is 2. The highest BCUT2D eigenvalue weighted by Crippen LogP contribution is 2.34. The fourth-order valence-corrected chi connectivity index (χ4v) is 4.05. The molecule has 1 saturated heterocycles. The Morgan fingerprint density at radius 3 is 2.90 bits per heavy atom. The average Bonchev–Trinajstić information content (AvgIpc) is 2.72. The summed E-state index contributed by atoms with van der Waals surface area (Å²) in [5.41, 5.74) is 0.797. The van der Waals surface area contributed by atoms with Crippen molar-refractivity contribution in [1.29, 1.82) is 0 Å². The number of nitrogens with zero attached hydrogens (tertiary/aromatic N) is 1. The van der Waals surface area contributed by atoms with Gasteiger partial charge in [-0.15, -0.1) is 0 Å². The summed E-state index contributed by atoms with van der Waals surface area (Å²) < 4.78 is 25.0. The van der Waals surface area contributed by atoms with E-state index in [1.807, 2.05) is 24.9 Å². The fraction of sp³-hybridized carbons (Fsp3) is 0.652. The predicted octanol–water partition coefficient (Wildman–Crippen LogP) is 3.54. The summed E-state index contributed by atoms with van der Waals surface area (Å²) >= 11 is 0. The number of urea groups is 1. The van der Waals surface area contributed by atoms with Crippen molar-refractivity contribution < 1.29 is 18.7 Å². The molecule has 4 atom stereocenters. The number of ether oxygens (including phenoxy) is 2. The van der Waals surface area contributed by atoms with Crippen molar-refractivity contribution in [2.24, 2.45) is 5.92 Å². The Morgan fingerprint density at radius 2 is 2.23 bits per heavy atom. The number of benzene rings is 1. The zero-order chi connectivity index (χ0) is 21.9. The van der Waals surface area contributed by atoms with Crippen LogP contribution in [0, 0.1) is 18.7 Å². The van der Waals surface area contributed by atoms with Crippen molar-refractivity contribution in [2.75, 3.05) is 40.4 Å². The molecule has 1 fully saturated rings. The molecular weight excluding hydrogens is 385 g/mol. The van der Waals surface area contributed by atoms with Gasteiger partial charge >= 0.3 is 6.03 Å². The molecular formula is C23H37FN3O3. The number of rotatable bonds is 11. The summed E-state index contributed by atoms with van der Waals surface area (Å²) in [7, 11) is 3.57. The molecule has 1 heterocycles. The molecule has 2 unspecified atom stereocenters. The van der Waals surface area contributed by atoms with Crippen molar-refractivity contribution in [3.05, 3.63) is 42.6 Å². The number of hydrogen-bond acceptors (Lipinski definition) is 4. The van der Waals surface area contributed by atoms with Crippen LogP contribution in [0.25, 0.3) is 0 Å². The third kappa shape index (κ3) is 7.85. The Labute approximate surface area is 180 Å². The molecule has 2 amide bonds. The molecule has 6 nitrogen and oxygen atoms in total. The van der Waals surface area contributed by atoms with Gasteiger partial charge in [0.25, 0.3) is 0 Å². The SMILES string of the molecule is [CH2]C(C)OC(c1cccc(F)c1)[C@@H]1CCCN(C(=O)N[C@@H](CCCOC)CNC)C1. The van der Waals surface area contributed by atoms with Gasteiger partial charge in [0.05, 0.1) is 12.2 Å². The van der Waals surface area contributed by atoms with Crippen LogP contribution in [0.2, 0.25) is 0 Å². The average molecular weight is 423 g/mol. The van der Waals surface area contributed by atoms with Crippen molar-refractivity contribution in [1.82, 2.24) is 15.5 Å². The summed E-state index contributed by atoms with van der Waals surface area (Å²) in [6.07, 6.45) is 3.03. The van der Waals surface area contributed by atoms with Crippen LogP contribution < -0.4 is 10.6 Å². The van der Waals surface area contributed by atoms with Gasteiger partial charge in [0, 0.05) is 45.3 Å². The van der Waals surface area contributed by atoms with Gasteiger partial charge in [0.15, 0.2) is 0 Å². The highest BCUT2D eigenvalue weighted by Gasteiger charge is 2.32. The quantitative estimate of drug-likeness (QED) is 0.536. The Hall–Kier alpha value is -1.70. The van der Waals surface area contributed by atoms with Crippen LogP contribution in [-0.4, -0.2) is 63.5 Å². The van der Waals surface area contributed by atoms with E-state index in [9.17, 15) is 9.18 Å². The Bertz CT molecular complexity index is 644. The van der Waals surface area contributed by atoms with Crippen molar-refractivity contribution >= 4 is 6.03 Å². The number of carbonyl (C=O) groups is 1. The van der Waals surface area contributed by atoms with Crippen LogP contribution in [0.1, 0.15) is 44.3 Å². The molecule has 0 saturated carbocycles. The monoisotopic (exact) mass is 422 g/mol. The molecule has 0 aliphatic carbocycles. The third-order valence-electron chi connectivity index (χ3n) is 5.41. The van der Waals surface area contributed by atoms with E-state index < -0.39 is 0 Å². The first-order valence-corrected chi connectivity index (χ1v) is 10.9. The number of methoxy groups -OCH3 is 1. The molecule has 1 radical (unpaired) electrons. The van der Waals surface area contributed by atoms with E-state index >= 15 is 0 Å². The minimum Gasteiger partial charge on any atom is -0.385 e. The van der Waals surface area contributed by atoms with Gasteiger partial charge in [-0.05, 0) is 64.3 Å². The topological polar surface area (TPSA) is 62.8 Å². The Kier molecular flexibility index (Phi) is 10.5. The first-order chi connectivity index (χ1) is 14.4. The summed E-state index contributed by atoms with van der Waals surface area (Å²) in [4.78, 5) is 14.8. The van der Waals surface area contributed by atoms with Crippen LogP contribution in [0.5, 0.6) is 0 Å². The van der Waals surface area contributed by atoms with E-state index in [0.717, 1.165) is 31.2 Å².